The van der Waals surface area contributed by atoms with Crippen molar-refractivity contribution in [3.8, 4) is 33.4 Å². The maximum atomic E-state index is 2.77. The molecule has 15 rings (SSSR count). The Morgan fingerprint density at radius 2 is 0.682 bits per heavy atom. The minimum atomic E-state index is -1.16. The molecule has 88 heavy (non-hydrogen) atoms. The first-order valence-electron chi connectivity index (χ1n) is 33.7. The fraction of sp³-hybridized carbons (Fsp3) is 0.357. The van der Waals surface area contributed by atoms with Crippen LogP contribution in [0.15, 0.2) is 199 Å². The zero-order valence-electron chi connectivity index (χ0n) is 52.4. The van der Waals surface area contributed by atoms with Gasteiger partial charge in [0, 0.05) is 0 Å². The van der Waals surface area contributed by atoms with Gasteiger partial charge in [-0.2, -0.15) is 0 Å². The van der Waals surface area contributed by atoms with Gasteiger partial charge in [0.25, 0.3) is 0 Å². The molecule has 0 saturated heterocycles. The molecule has 3 unspecified atom stereocenters. The summed E-state index contributed by atoms with van der Waals surface area (Å²) in [6, 6.07) is 69.3. The van der Waals surface area contributed by atoms with Gasteiger partial charge in [-0.25, -0.2) is 0 Å². The second-order valence-corrected chi connectivity index (χ2v) is 32.6. The van der Waals surface area contributed by atoms with E-state index in [1.165, 1.54) is 217 Å². The van der Waals surface area contributed by atoms with Gasteiger partial charge in [-0.1, -0.05) is 0 Å². The van der Waals surface area contributed by atoms with Crippen LogP contribution in [0.3, 0.4) is 0 Å². The van der Waals surface area contributed by atoms with Crippen LogP contribution in [0.1, 0.15) is 200 Å². The van der Waals surface area contributed by atoms with E-state index in [4.69, 9.17) is 0 Å². The zero-order valence-corrected chi connectivity index (χ0v) is 58.8. The summed E-state index contributed by atoms with van der Waals surface area (Å²) in [5.74, 6) is 0. The quantitative estimate of drug-likeness (QED) is 0.0904. The Labute approximate surface area is 566 Å². The molecule has 9 aromatic rings. The molecular formula is C84H87Cl2Zr2+3. The molecule has 0 amide bonds. The van der Waals surface area contributed by atoms with Crippen molar-refractivity contribution in [2.24, 2.45) is 16.2 Å². The minimum Gasteiger partial charge on any atom is -1.00 e. The van der Waals surface area contributed by atoms with Crippen LogP contribution < -0.4 is 24.8 Å². The standard InChI is InChI=1S/2C29H31.C26H25.2ClH.2Zr/c2*1-2-16-29(17-6-3-7-18-29)21-22-19-24-12-9-15-27(28(24)20-22)26-14-8-11-23-10-4-5-13-25(23)26;1-2-26(14-7-15-26)18-19-16-21-10-6-13-24(25(21)17-19)23-12-5-9-20-8-3-4-11-22(20)23;;;;/h2*4-5,8-15,19-20H,2-3,6-7,16-18,21H2,1H3;3-6,8-13,16-17H,2,7,14-15,18H2,1H3;2*1H;;/q;;;;;+2;+3/p-2. The zero-order chi connectivity index (χ0) is 58.2. The average molecular weight is 1350 g/mol. The molecule has 0 aromatic heterocycles. The number of hydrogen-bond acceptors (Lipinski definition) is 0. The van der Waals surface area contributed by atoms with Crippen LogP contribution in [0.25, 0.3) is 83.9 Å². The van der Waals surface area contributed by atoms with Crippen LogP contribution in [0.2, 0.25) is 0 Å². The van der Waals surface area contributed by atoms with Crippen LogP contribution in [-0.4, -0.2) is 0 Å². The predicted octanol–water partition coefficient (Wildman–Crippen LogP) is 18.7. The van der Waals surface area contributed by atoms with E-state index >= 15 is 0 Å². The minimum absolute atomic E-state index is 0. The summed E-state index contributed by atoms with van der Waals surface area (Å²) < 4.78 is 1.83. The molecule has 6 aliphatic rings. The monoisotopic (exact) mass is 1350 g/mol. The SMILES string of the molecule is CCC1(CC2=Cc3c(-c4cccc5ccccc45)cccc3[CH]2[Zr+3])CCC1.CCCC1(CC2=Cc3c(-c4cccc5ccccc45)cccc3[CH]2[Zr+2][CH]2C(CC3(CCC)CCCCC3)=Cc3c(-c4cccc5ccccc45)cccc32)CCCCC1.[Cl-].[Cl-]. The average Bonchev–Trinajstić information content (AvgIpc) is 1.71. The van der Waals surface area contributed by atoms with Crippen molar-refractivity contribution in [3.63, 3.8) is 0 Å². The number of halogens is 2. The molecule has 6 aliphatic carbocycles. The van der Waals surface area contributed by atoms with E-state index in [0.29, 0.717) is 27.1 Å². The van der Waals surface area contributed by atoms with Crippen molar-refractivity contribution in [1.82, 2.24) is 0 Å². The second-order valence-electron chi connectivity index (χ2n) is 27.5. The van der Waals surface area contributed by atoms with Gasteiger partial charge in [0.15, 0.2) is 0 Å². The topological polar surface area (TPSA) is 0 Å². The summed E-state index contributed by atoms with van der Waals surface area (Å²) >= 11 is 0.476. The number of rotatable bonds is 16. The first-order valence-corrected chi connectivity index (χ1v) is 38.0. The Morgan fingerprint density at radius 3 is 1.07 bits per heavy atom. The molecule has 3 atom stereocenters. The van der Waals surface area contributed by atoms with Crippen molar-refractivity contribution in [2.75, 3.05) is 0 Å². The largest absolute Gasteiger partial charge is 1.00 e. The summed E-state index contributed by atoms with van der Waals surface area (Å²) in [6.07, 6.45) is 37.1. The van der Waals surface area contributed by atoms with Gasteiger partial charge in [0.1, 0.15) is 0 Å². The fourth-order valence-corrected chi connectivity index (χ4v) is 23.8. The summed E-state index contributed by atoms with van der Waals surface area (Å²) in [5, 5.41) is 8.12. The van der Waals surface area contributed by atoms with Gasteiger partial charge in [-0.3, -0.25) is 0 Å². The van der Waals surface area contributed by atoms with Gasteiger partial charge < -0.3 is 24.8 Å². The number of hydrogen-bond donors (Lipinski definition) is 0. The third kappa shape index (κ3) is 12.3. The Morgan fingerprint density at radius 1 is 0.352 bits per heavy atom. The van der Waals surface area contributed by atoms with Crippen LogP contribution in [0.5, 0.6) is 0 Å². The van der Waals surface area contributed by atoms with Crippen molar-refractivity contribution in [1.29, 1.82) is 0 Å². The van der Waals surface area contributed by atoms with Crippen molar-refractivity contribution in [3.05, 3.63) is 232 Å². The van der Waals surface area contributed by atoms with E-state index in [1.807, 2.05) is 0 Å². The molecule has 0 heterocycles. The van der Waals surface area contributed by atoms with Crippen molar-refractivity contribution >= 4 is 50.5 Å². The molecule has 3 fully saturated rings. The first-order chi connectivity index (χ1) is 42.3. The molecule has 0 spiro atoms. The van der Waals surface area contributed by atoms with Gasteiger partial charge in [-0.05, 0) is 0 Å². The van der Waals surface area contributed by atoms with E-state index < -0.39 is 23.2 Å². The second kappa shape index (κ2) is 27.7. The normalized spacial score (nSPS) is 20.0. The van der Waals surface area contributed by atoms with E-state index in [2.05, 4.69) is 221 Å². The van der Waals surface area contributed by atoms with Gasteiger partial charge in [0.2, 0.25) is 0 Å². The van der Waals surface area contributed by atoms with E-state index in [1.54, 1.807) is 58.1 Å². The molecule has 0 bridgehead atoms. The molecule has 0 nitrogen and oxygen atoms in total. The Bertz CT molecular complexity index is 3860. The summed E-state index contributed by atoms with van der Waals surface area (Å²) in [5.41, 5.74) is 24.7. The number of fused-ring (bicyclic) bond motifs is 6. The van der Waals surface area contributed by atoms with E-state index in [9.17, 15) is 0 Å². The maximum Gasteiger partial charge on any atom is -1.00 e. The van der Waals surface area contributed by atoms with Crippen LogP contribution in [0, 0.1) is 16.2 Å². The Hall–Kier alpha value is -4.67. The molecule has 0 aliphatic heterocycles. The van der Waals surface area contributed by atoms with E-state index in [0.717, 1.165) is 0 Å². The van der Waals surface area contributed by atoms with Crippen LogP contribution >= 0.6 is 0 Å². The molecule has 0 radical (unpaired) electrons. The number of benzene rings is 9. The van der Waals surface area contributed by atoms with Gasteiger partial charge >= 0.3 is 547 Å². The summed E-state index contributed by atoms with van der Waals surface area (Å²) in [4.78, 5) is 0. The summed E-state index contributed by atoms with van der Waals surface area (Å²) in [6.45, 7) is 7.28. The molecule has 442 valence electrons. The van der Waals surface area contributed by atoms with Gasteiger partial charge in [0.05, 0.1) is 0 Å². The smallest absolute Gasteiger partial charge is 1.00 e. The van der Waals surface area contributed by atoms with Crippen LogP contribution in [0.4, 0.5) is 0 Å². The number of allylic oxidation sites excluding steroid dienone is 3. The Balaban J connectivity index is 0.000000217. The van der Waals surface area contributed by atoms with Crippen molar-refractivity contribution in [2.45, 2.75) is 166 Å². The van der Waals surface area contributed by atoms with Gasteiger partial charge in [-0.15, -0.1) is 0 Å². The third-order valence-electron chi connectivity index (χ3n) is 22.3. The molecule has 3 saturated carbocycles. The molecule has 9 aromatic carbocycles. The fourth-order valence-electron chi connectivity index (χ4n) is 17.8. The maximum absolute atomic E-state index is 2.77. The van der Waals surface area contributed by atoms with E-state index in [-0.39, 0.29) is 24.8 Å². The Kier molecular flexibility index (Phi) is 19.9. The third-order valence-corrected chi connectivity index (χ3v) is 29.0. The van der Waals surface area contributed by atoms with Crippen molar-refractivity contribution < 1.29 is 72.8 Å². The molecule has 0 N–H and O–H groups in total. The summed E-state index contributed by atoms with van der Waals surface area (Å²) in [7, 11) is 0. The molecular weight excluding hydrogens is 1260 g/mol. The first kappa shape index (κ1) is 63.5. The van der Waals surface area contributed by atoms with Crippen LogP contribution in [-0.2, 0) is 48.0 Å². The molecule has 4 heteroatoms. The predicted molar refractivity (Wildman–Crippen MR) is 362 cm³/mol.